The van der Waals surface area contributed by atoms with Gasteiger partial charge in [-0.25, -0.2) is 0 Å². The van der Waals surface area contributed by atoms with Gasteiger partial charge in [-0.1, -0.05) is 0 Å². The van der Waals surface area contributed by atoms with E-state index < -0.39 is 0 Å². The Bertz CT molecular complexity index is 174. The lowest BCUT2D eigenvalue weighted by atomic mass is 10.5. The summed E-state index contributed by atoms with van der Waals surface area (Å²) in [7, 11) is 3.35. The summed E-state index contributed by atoms with van der Waals surface area (Å²) < 4.78 is 4.81. The molecule has 0 amide bonds. The van der Waals surface area contributed by atoms with Crippen molar-refractivity contribution in [3.8, 4) is 5.88 Å². The van der Waals surface area contributed by atoms with Crippen molar-refractivity contribution in [2.45, 2.75) is 0 Å². The van der Waals surface area contributed by atoms with Gasteiger partial charge in [0.1, 0.15) is 5.82 Å². The molecule has 0 radical (unpaired) electrons. The molecule has 1 rings (SSSR count). The summed E-state index contributed by atoms with van der Waals surface area (Å²) in [5.74, 6) is 1.26. The summed E-state index contributed by atoms with van der Waals surface area (Å²) in [4.78, 5) is 0. The Balaban J connectivity index is 2.80. The van der Waals surface area contributed by atoms with E-state index in [1.54, 1.807) is 26.3 Å². The summed E-state index contributed by atoms with van der Waals surface area (Å²) in [5.41, 5.74) is 0. The van der Waals surface area contributed by atoms with E-state index in [2.05, 4.69) is 15.5 Å². The second-order valence-electron chi connectivity index (χ2n) is 1.71. The maximum absolute atomic E-state index is 4.81. The molecule has 0 aliphatic carbocycles. The average molecular weight is 139 g/mol. The molecule has 4 heteroatoms. The number of rotatable bonds is 2. The molecule has 0 atom stereocenters. The topological polar surface area (TPSA) is 47.0 Å². The average Bonchev–Trinajstić information content (AvgIpc) is 2.05. The smallest absolute Gasteiger partial charge is 0.233 e. The van der Waals surface area contributed by atoms with Crippen molar-refractivity contribution in [2.24, 2.45) is 0 Å². The van der Waals surface area contributed by atoms with Gasteiger partial charge in [-0.05, 0) is 6.07 Å². The number of methoxy groups -OCH3 is 1. The molecule has 0 saturated heterocycles. The summed E-state index contributed by atoms with van der Waals surface area (Å²) in [5, 5.41) is 10.4. The fourth-order valence-electron chi connectivity index (χ4n) is 0.562. The summed E-state index contributed by atoms with van der Waals surface area (Å²) >= 11 is 0. The van der Waals surface area contributed by atoms with Crippen LogP contribution in [0.5, 0.6) is 5.88 Å². The highest BCUT2D eigenvalue weighted by molar-refractivity contribution is 5.32. The van der Waals surface area contributed by atoms with Gasteiger partial charge in [0.15, 0.2) is 0 Å². The normalized spacial score (nSPS) is 9.00. The Morgan fingerprint density at radius 2 is 2.20 bits per heavy atom. The molecule has 0 aromatic carbocycles. The van der Waals surface area contributed by atoms with Gasteiger partial charge in [0, 0.05) is 13.1 Å². The summed E-state index contributed by atoms with van der Waals surface area (Å²) in [6.07, 6.45) is 0. The van der Waals surface area contributed by atoms with Crippen molar-refractivity contribution in [1.82, 2.24) is 10.2 Å². The number of nitrogens with zero attached hydrogens (tertiary/aromatic N) is 2. The molecule has 0 bridgehead atoms. The zero-order valence-electron chi connectivity index (χ0n) is 5.96. The molecule has 0 saturated carbocycles. The number of aromatic nitrogens is 2. The van der Waals surface area contributed by atoms with E-state index in [4.69, 9.17) is 4.74 Å². The molecule has 0 fully saturated rings. The third kappa shape index (κ3) is 1.34. The second kappa shape index (κ2) is 3.00. The van der Waals surface area contributed by atoms with Crippen LogP contribution >= 0.6 is 0 Å². The minimum atomic E-state index is 0.527. The molecule has 1 aromatic heterocycles. The van der Waals surface area contributed by atoms with Gasteiger partial charge in [-0.2, -0.15) is 0 Å². The fraction of sp³-hybridized carbons (Fsp3) is 0.333. The first kappa shape index (κ1) is 6.80. The minimum Gasteiger partial charge on any atom is -0.480 e. The van der Waals surface area contributed by atoms with Crippen molar-refractivity contribution in [3.63, 3.8) is 0 Å². The highest BCUT2D eigenvalue weighted by Crippen LogP contribution is 2.05. The summed E-state index contributed by atoms with van der Waals surface area (Å²) in [6, 6.07) is 3.55. The van der Waals surface area contributed by atoms with Crippen LogP contribution in [-0.4, -0.2) is 24.4 Å². The Morgan fingerprint density at radius 1 is 1.40 bits per heavy atom. The van der Waals surface area contributed by atoms with E-state index in [9.17, 15) is 0 Å². The lowest BCUT2D eigenvalue weighted by molar-refractivity contribution is 0.392. The van der Waals surface area contributed by atoms with Gasteiger partial charge in [-0.15, -0.1) is 10.2 Å². The molecule has 10 heavy (non-hydrogen) atoms. The van der Waals surface area contributed by atoms with E-state index in [-0.39, 0.29) is 0 Å². The van der Waals surface area contributed by atoms with Crippen LogP contribution in [0.3, 0.4) is 0 Å². The molecule has 0 spiro atoms. The zero-order chi connectivity index (χ0) is 7.40. The van der Waals surface area contributed by atoms with Gasteiger partial charge in [0.25, 0.3) is 0 Å². The number of nitrogens with one attached hydrogen (secondary N) is 1. The molecule has 1 heterocycles. The maximum Gasteiger partial charge on any atom is 0.233 e. The molecular formula is C6H9N3O. The lowest BCUT2D eigenvalue weighted by Gasteiger charge is -1.98. The first-order valence-electron chi connectivity index (χ1n) is 2.92. The first-order valence-corrected chi connectivity index (χ1v) is 2.92. The number of hydrogen-bond donors (Lipinski definition) is 1. The van der Waals surface area contributed by atoms with Crippen LogP contribution in [0.4, 0.5) is 5.82 Å². The minimum absolute atomic E-state index is 0.527. The van der Waals surface area contributed by atoms with Crippen LogP contribution in [0.25, 0.3) is 0 Å². The van der Waals surface area contributed by atoms with Gasteiger partial charge in [0.05, 0.1) is 7.11 Å². The Morgan fingerprint density at radius 3 is 2.60 bits per heavy atom. The van der Waals surface area contributed by atoms with Gasteiger partial charge < -0.3 is 10.1 Å². The fourth-order valence-corrected chi connectivity index (χ4v) is 0.562. The summed E-state index contributed by atoms with van der Waals surface area (Å²) in [6.45, 7) is 0. The number of ether oxygens (including phenoxy) is 1. The third-order valence-electron chi connectivity index (χ3n) is 1.11. The van der Waals surface area contributed by atoms with E-state index in [0.29, 0.717) is 5.88 Å². The molecule has 4 nitrogen and oxygen atoms in total. The van der Waals surface area contributed by atoms with Crippen LogP contribution in [-0.2, 0) is 0 Å². The van der Waals surface area contributed by atoms with Crippen LogP contribution in [0, 0.1) is 0 Å². The third-order valence-corrected chi connectivity index (χ3v) is 1.11. The molecule has 1 N–H and O–H groups in total. The lowest BCUT2D eigenvalue weighted by Crippen LogP contribution is -1.95. The predicted octanol–water partition coefficient (Wildman–Crippen LogP) is 0.527. The standard InChI is InChI=1S/C6H9N3O/c1-7-5-3-4-6(10-2)9-8-5/h3-4H,1-2H3,(H,7,8). The molecule has 0 aliphatic rings. The van der Waals surface area contributed by atoms with E-state index in [1.807, 2.05) is 0 Å². The first-order chi connectivity index (χ1) is 4.86. The van der Waals surface area contributed by atoms with E-state index in [1.165, 1.54) is 0 Å². The SMILES string of the molecule is CNc1ccc(OC)nn1. The quantitative estimate of drug-likeness (QED) is 0.649. The predicted molar refractivity (Wildman–Crippen MR) is 38.1 cm³/mol. The van der Waals surface area contributed by atoms with E-state index in [0.717, 1.165) is 5.82 Å². The van der Waals surface area contributed by atoms with Gasteiger partial charge >= 0.3 is 0 Å². The monoisotopic (exact) mass is 139 g/mol. The largest absolute Gasteiger partial charge is 0.480 e. The number of hydrogen-bond acceptors (Lipinski definition) is 4. The van der Waals surface area contributed by atoms with E-state index >= 15 is 0 Å². The van der Waals surface area contributed by atoms with Crippen molar-refractivity contribution in [3.05, 3.63) is 12.1 Å². The van der Waals surface area contributed by atoms with Gasteiger partial charge in [0.2, 0.25) is 5.88 Å². The molecular weight excluding hydrogens is 130 g/mol. The Hall–Kier alpha value is -1.32. The molecule has 1 aromatic rings. The van der Waals surface area contributed by atoms with Crippen LogP contribution in [0.15, 0.2) is 12.1 Å². The highest BCUT2D eigenvalue weighted by atomic mass is 16.5. The van der Waals surface area contributed by atoms with Crippen molar-refractivity contribution >= 4 is 5.82 Å². The van der Waals surface area contributed by atoms with Crippen LogP contribution in [0.1, 0.15) is 0 Å². The Kier molecular flexibility index (Phi) is 2.04. The van der Waals surface area contributed by atoms with Crippen molar-refractivity contribution < 1.29 is 4.74 Å². The molecule has 54 valence electrons. The van der Waals surface area contributed by atoms with Crippen molar-refractivity contribution in [2.75, 3.05) is 19.5 Å². The number of anilines is 1. The van der Waals surface area contributed by atoms with Gasteiger partial charge in [-0.3, -0.25) is 0 Å². The second-order valence-corrected chi connectivity index (χ2v) is 1.71. The Labute approximate surface area is 59.2 Å². The zero-order valence-corrected chi connectivity index (χ0v) is 5.96. The van der Waals surface area contributed by atoms with Crippen molar-refractivity contribution in [1.29, 1.82) is 0 Å². The maximum atomic E-state index is 4.81. The van der Waals surface area contributed by atoms with Crippen LogP contribution < -0.4 is 10.1 Å². The molecule has 0 aliphatic heterocycles. The molecule has 0 unspecified atom stereocenters. The van der Waals surface area contributed by atoms with Crippen LogP contribution in [0.2, 0.25) is 0 Å². The highest BCUT2D eigenvalue weighted by Gasteiger charge is 1.91.